The van der Waals surface area contributed by atoms with Crippen LogP contribution >= 0.6 is 11.8 Å². The lowest BCUT2D eigenvalue weighted by atomic mass is 10.4. The molecule has 0 bridgehead atoms. The van der Waals surface area contributed by atoms with Crippen molar-refractivity contribution in [3.05, 3.63) is 18.4 Å². The molecule has 1 unspecified atom stereocenters. The number of carbonyl (C=O) groups excluding carboxylic acids is 1. The molecule has 1 saturated carbocycles. The maximum atomic E-state index is 11.8. The zero-order valence-electron chi connectivity index (χ0n) is 10.3. The highest BCUT2D eigenvalue weighted by Gasteiger charge is 2.27. The summed E-state index contributed by atoms with van der Waals surface area (Å²) in [6, 6.07) is 3.85. The molecule has 0 radical (unpaired) electrons. The zero-order valence-corrected chi connectivity index (χ0v) is 11.1. The molecule has 3 rings (SSSR count). The second-order valence-corrected chi connectivity index (χ2v) is 5.69. The van der Waals surface area contributed by atoms with E-state index in [0.29, 0.717) is 22.9 Å². The number of hydrogen-bond acceptors (Lipinski definition) is 6. The fourth-order valence-electron chi connectivity index (χ4n) is 1.51. The van der Waals surface area contributed by atoms with Gasteiger partial charge in [-0.3, -0.25) is 4.79 Å². The van der Waals surface area contributed by atoms with Crippen molar-refractivity contribution >= 4 is 17.7 Å². The molecule has 6 nitrogen and oxygen atoms in total. The van der Waals surface area contributed by atoms with Gasteiger partial charge < -0.3 is 14.2 Å². The Morgan fingerprint density at radius 1 is 1.53 bits per heavy atom. The number of aromatic nitrogens is 2. The average molecular weight is 279 g/mol. The Kier molecular flexibility index (Phi) is 3.29. The number of furan rings is 1. The van der Waals surface area contributed by atoms with Crippen molar-refractivity contribution in [2.24, 2.45) is 0 Å². The summed E-state index contributed by atoms with van der Waals surface area (Å²) in [5.74, 6) is 0.849. The third kappa shape index (κ3) is 2.98. The van der Waals surface area contributed by atoms with Crippen LogP contribution < -0.4 is 5.32 Å². The van der Waals surface area contributed by atoms with Crippen molar-refractivity contribution in [1.29, 1.82) is 0 Å². The summed E-state index contributed by atoms with van der Waals surface area (Å²) in [5, 5.41) is 10.8. The Morgan fingerprint density at radius 2 is 2.37 bits per heavy atom. The lowest BCUT2D eigenvalue weighted by Gasteiger charge is -2.08. The van der Waals surface area contributed by atoms with Crippen molar-refractivity contribution in [2.75, 3.05) is 0 Å². The first-order chi connectivity index (χ1) is 9.22. The molecule has 2 aromatic rings. The van der Waals surface area contributed by atoms with Crippen LogP contribution in [-0.4, -0.2) is 27.4 Å². The van der Waals surface area contributed by atoms with E-state index in [1.54, 1.807) is 12.1 Å². The van der Waals surface area contributed by atoms with Crippen LogP contribution in [-0.2, 0) is 4.79 Å². The highest BCUT2D eigenvalue weighted by Crippen LogP contribution is 2.27. The highest BCUT2D eigenvalue weighted by atomic mass is 32.2. The summed E-state index contributed by atoms with van der Waals surface area (Å²) in [6.07, 6.45) is 3.69. The molecule has 2 aromatic heterocycles. The van der Waals surface area contributed by atoms with Crippen LogP contribution in [0.5, 0.6) is 0 Å². The molecule has 7 heteroatoms. The third-order valence-electron chi connectivity index (χ3n) is 2.71. The van der Waals surface area contributed by atoms with Crippen LogP contribution in [0.4, 0.5) is 0 Å². The van der Waals surface area contributed by atoms with Gasteiger partial charge in [-0.25, -0.2) is 0 Å². The van der Waals surface area contributed by atoms with E-state index in [0.717, 1.165) is 12.8 Å². The quantitative estimate of drug-likeness (QED) is 0.844. The SMILES string of the molecule is CC(Sc1nnc(-c2ccco2)o1)C(=O)NC1CC1. The van der Waals surface area contributed by atoms with Gasteiger partial charge in [0.1, 0.15) is 0 Å². The first-order valence-electron chi connectivity index (χ1n) is 6.07. The molecule has 1 aliphatic carbocycles. The molecular formula is C12H13N3O3S. The number of nitrogens with zero attached hydrogens (tertiary/aromatic N) is 2. The standard InChI is InChI=1S/C12H13N3O3S/c1-7(10(16)13-8-4-5-8)19-12-15-14-11(18-12)9-3-2-6-17-9/h2-3,6-8H,4-5H2,1H3,(H,13,16). The molecule has 1 amide bonds. The van der Waals surface area contributed by atoms with Crippen LogP contribution in [0.25, 0.3) is 11.7 Å². The van der Waals surface area contributed by atoms with Crippen LogP contribution in [0.1, 0.15) is 19.8 Å². The van der Waals surface area contributed by atoms with Gasteiger partial charge >= 0.3 is 0 Å². The summed E-state index contributed by atoms with van der Waals surface area (Å²) in [6.45, 7) is 1.82. The van der Waals surface area contributed by atoms with Gasteiger partial charge in [0, 0.05) is 6.04 Å². The number of rotatable bonds is 5. The Bertz CT molecular complexity index is 563. The Morgan fingerprint density at radius 3 is 3.05 bits per heavy atom. The Hall–Kier alpha value is -1.76. The fourth-order valence-corrected chi connectivity index (χ4v) is 2.20. The number of thioether (sulfide) groups is 1. The maximum absolute atomic E-state index is 11.8. The average Bonchev–Trinajstić information content (AvgIpc) is 2.90. The molecule has 1 N–H and O–H groups in total. The highest BCUT2D eigenvalue weighted by molar-refractivity contribution is 8.00. The monoisotopic (exact) mass is 279 g/mol. The number of hydrogen-bond donors (Lipinski definition) is 1. The van der Waals surface area contributed by atoms with Gasteiger partial charge in [0.2, 0.25) is 5.91 Å². The number of amides is 1. The van der Waals surface area contributed by atoms with Crippen molar-refractivity contribution in [2.45, 2.75) is 36.3 Å². The lowest BCUT2D eigenvalue weighted by Crippen LogP contribution is -2.32. The smallest absolute Gasteiger partial charge is 0.284 e. The molecule has 0 spiro atoms. The second kappa shape index (κ2) is 5.08. The molecule has 100 valence electrons. The molecular weight excluding hydrogens is 266 g/mol. The predicted molar refractivity (Wildman–Crippen MR) is 68.5 cm³/mol. The van der Waals surface area contributed by atoms with E-state index in [2.05, 4.69) is 15.5 Å². The molecule has 2 heterocycles. The van der Waals surface area contributed by atoms with Crippen molar-refractivity contribution < 1.29 is 13.6 Å². The summed E-state index contributed by atoms with van der Waals surface area (Å²) >= 11 is 1.25. The van der Waals surface area contributed by atoms with Gasteiger partial charge in [0.15, 0.2) is 5.76 Å². The number of nitrogens with one attached hydrogen (secondary N) is 1. The van der Waals surface area contributed by atoms with E-state index in [1.807, 2.05) is 6.92 Å². The molecule has 1 fully saturated rings. The molecule has 0 aliphatic heterocycles. The molecule has 1 atom stereocenters. The van der Waals surface area contributed by atoms with E-state index >= 15 is 0 Å². The normalized spacial score (nSPS) is 16.3. The third-order valence-corrected chi connectivity index (χ3v) is 3.64. The summed E-state index contributed by atoms with van der Waals surface area (Å²) in [7, 11) is 0. The zero-order chi connectivity index (χ0) is 13.2. The van der Waals surface area contributed by atoms with Crippen LogP contribution in [0, 0.1) is 0 Å². The lowest BCUT2D eigenvalue weighted by molar-refractivity contribution is -0.120. The van der Waals surface area contributed by atoms with Crippen LogP contribution in [0.3, 0.4) is 0 Å². The van der Waals surface area contributed by atoms with E-state index in [1.165, 1.54) is 18.0 Å². The van der Waals surface area contributed by atoms with E-state index < -0.39 is 0 Å². The van der Waals surface area contributed by atoms with Gasteiger partial charge in [-0.15, -0.1) is 10.2 Å². The van der Waals surface area contributed by atoms with E-state index in [4.69, 9.17) is 8.83 Å². The predicted octanol–water partition coefficient (Wildman–Crippen LogP) is 2.09. The van der Waals surface area contributed by atoms with Crippen LogP contribution in [0.2, 0.25) is 0 Å². The van der Waals surface area contributed by atoms with Crippen molar-refractivity contribution in [1.82, 2.24) is 15.5 Å². The Labute approximate surface area is 114 Å². The first-order valence-corrected chi connectivity index (χ1v) is 6.95. The number of carbonyl (C=O) groups is 1. The minimum absolute atomic E-state index is 0.00486. The summed E-state index contributed by atoms with van der Waals surface area (Å²) in [5.41, 5.74) is 0. The van der Waals surface area contributed by atoms with Gasteiger partial charge in [0.25, 0.3) is 11.1 Å². The van der Waals surface area contributed by atoms with Gasteiger partial charge in [-0.2, -0.15) is 0 Å². The van der Waals surface area contributed by atoms with Crippen LogP contribution in [0.15, 0.2) is 32.5 Å². The first kappa shape index (κ1) is 12.3. The van der Waals surface area contributed by atoms with Crippen molar-refractivity contribution in [3.63, 3.8) is 0 Å². The van der Waals surface area contributed by atoms with E-state index in [-0.39, 0.29) is 11.2 Å². The van der Waals surface area contributed by atoms with Gasteiger partial charge in [-0.05, 0) is 31.9 Å². The van der Waals surface area contributed by atoms with Gasteiger partial charge in [0.05, 0.1) is 11.5 Å². The summed E-state index contributed by atoms with van der Waals surface area (Å²) < 4.78 is 10.6. The molecule has 19 heavy (non-hydrogen) atoms. The van der Waals surface area contributed by atoms with Crippen molar-refractivity contribution in [3.8, 4) is 11.7 Å². The molecule has 1 aliphatic rings. The minimum atomic E-state index is -0.259. The summed E-state index contributed by atoms with van der Waals surface area (Å²) in [4.78, 5) is 11.8. The minimum Gasteiger partial charge on any atom is -0.459 e. The second-order valence-electron chi connectivity index (χ2n) is 4.39. The largest absolute Gasteiger partial charge is 0.459 e. The fraction of sp³-hybridized carbons (Fsp3) is 0.417. The molecule has 0 saturated heterocycles. The Balaban J connectivity index is 1.61. The van der Waals surface area contributed by atoms with E-state index in [9.17, 15) is 4.79 Å². The maximum Gasteiger partial charge on any atom is 0.284 e. The topological polar surface area (TPSA) is 81.2 Å². The molecule has 0 aromatic carbocycles. The van der Waals surface area contributed by atoms with Gasteiger partial charge in [-0.1, -0.05) is 11.8 Å².